The van der Waals surface area contributed by atoms with E-state index in [1.165, 1.54) is 5.56 Å². The summed E-state index contributed by atoms with van der Waals surface area (Å²) in [4.78, 5) is 4.22. The minimum atomic E-state index is -0.892. The zero-order chi connectivity index (χ0) is 18.2. The van der Waals surface area contributed by atoms with Gasteiger partial charge in [0, 0.05) is 60.7 Å². The quantitative estimate of drug-likeness (QED) is 0.356. The van der Waals surface area contributed by atoms with Crippen LogP contribution in [0.1, 0.15) is 22.5 Å². The van der Waals surface area contributed by atoms with Crippen LogP contribution in [0.25, 0.3) is 0 Å². The van der Waals surface area contributed by atoms with Gasteiger partial charge in [0.25, 0.3) is 0 Å². The van der Waals surface area contributed by atoms with Crippen molar-refractivity contribution in [2.24, 2.45) is 12.0 Å². The van der Waals surface area contributed by atoms with Crippen molar-refractivity contribution in [3.05, 3.63) is 52.8 Å². The van der Waals surface area contributed by atoms with Gasteiger partial charge in [0.1, 0.15) is 0 Å². The maximum absolute atomic E-state index is 12.2. The van der Waals surface area contributed by atoms with Crippen LogP contribution in [-0.4, -0.2) is 39.3 Å². The smallest absolute Gasteiger partial charge is 0.191 e. The first-order valence-corrected chi connectivity index (χ1v) is 9.82. The lowest BCUT2D eigenvalue weighted by molar-refractivity contribution is 0.680. The van der Waals surface area contributed by atoms with Gasteiger partial charge >= 0.3 is 0 Å². The number of hydrogen-bond donors (Lipinski definition) is 2. The van der Waals surface area contributed by atoms with Gasteiger partial charge in [-0.15, -0.1) is 24.0 Å². The molecular weight excluding hydrogens is 461 g/mol. The van der Waals surface area contributed by atoms with Crippen molar-refractivity contribution in [2.75, 3.05) is 19.3 Å². The molecule has 26 heavy (non-hydrogen) atoms. The Morgan fingerprint density at radius 1 is 1.23 bits per heavy atom. The van der Waals surface area contributed by atoms with E-state index in [1.54, 1.807) is 7.05 Å². The molecule has 1 atom stereocenters. The van der Waals surface area contributed by atoms with E-state index in [0.29, 0.717) is 30.6 Å². The number of guanidine groups is 1. The predicted octanol–water partition coefficient (Wildman–Crippen LogP) is 2.27. The Bertz CT molecular complexity index is 746. The van der Waals surface area contributed by atoms with Gasteiger partial charge in [0.15, 0.2) is 5.96 Å². The van der Waals surface area contributed by atoms with Crippen molar-refractivity contribution < 1.29 is 4.21 Å². The minimum Gasteiger partial charge on any atom is -0.355 e. The molecule has 2 N–H and O–H groups in total. The Balaban J connectivity index is 0.00000338. The molecule has 2 aromatic rings. The summed E-state index contributed by atoms with van der Waals surface area (Å²) < 4.78 is 14.0. The average molecular weight is 489 g/mol. The Morgan fingerprint density at radius 3 is 2.50 bits per heavy atom. The van der Waals surface area contributed by atoms with Crippen LogP contribution in [0, 0.1) is 13.8 Å². The minimum absolute atomic E-state index is 0. The summed E-state index contributed by atoms with van der Waals surface area (Å²) in [6.45, 7) is 5.34. The molecule has 0 fully saturated rings. The fourth-order valence-electron chi connectivity index (χ4n) is 2.58. The van der Waals surface area contributed by atoms with Crippen molar-refractivity contribution in [3.8, 4) is 0 Å². The topological polar surface area (TPSA) is 71.3 Å². The lowest BCUT2D eigenvalue weighted by Gasteiger charge is -2.12. The maximum Gasteiger partial charge on any atom is 0.191 e. The van der Waals surface area contributed by atoms with Crippen molar-refractivity contribution in [2.45, 2.75) is 26.1 Å². The van der Waals surface area contributed by atoms with Gasteiger partial charge in [0.2, 0.25) is 0 Å². The van der Waals surface area contributed by atoms with Crippen molar-refractivity contribution in [3.63, 3.8) is 0 Å². The molecule has 0 radical (unpaired) electrons. The van der Waals surface area contributed by atoms with Gasteiger partial charge < -0.3 is 10.6 Å². The fourth-order valence-corrected chi connectivity index (χ4v) is 3.62. The van der Waals surface area contributed by atoms with Gasteiger partial charge in [-0.25, -0.2) is 0 Å². The number of halogens is 1. The zero-order valence-corrected chi connectivity index (χ0v) is 18.9. The van der Waals surface area contributed by atoms with Crippen molar-refractivity contribution >= 4 is 40.7 Å². The van der Waals surface area contributed by atoms with E-state index < -0.39 is 10.8 Å². The number of rotatable bonds is 7. The van der Waals surface area contributed by atoms with Crippen LogP contribution >= 0.6 is 24.0 Å². The van der Waals surface area contributed by atoms with Crippen molar-refractivity contribution in [1.82, 2.24) is 20.4 Å². The van der Waals surface area contributed by atoms with Gasteiger partial charge in [-0.05, 0) is 19.4 Å². The second-order valence-electron chi connectivity index (χ2n) is 5.90. The lowest BCUT2D eigenvalue weighted by atomic mass is 10.2. The zero-order valence-electron chi connectivity index (χ0n) is 15.8. The Hall–Kier alpha value is -1.42. The van der Waals surface area contributed by atoms with Gasteiger partial charge in [-0.1, -0.05) is 30.3 Å². The fraction of sp³-hybridized carbons (Fsp3) is 0.444. The summed E-state index contributed by atoms with van der Waals surface area (Å²) in [5.41, 5.74) is 4.44. The molecule has 0 saturated carbocycles. The molecule has 0 aliphatic carbocycles. The summed E-state index contributed by atoms with van der Waals surface area (Å²) in [5.74, 6) is 1.88. The number of nitrogens with one attached hydrogen (secondary N) is 2. The van der Waals surface area contributed by atoms with Crippen LogP contribution in [0.2, 0.25) is 0 Å². The summed E-state index contributed by atoms with van der Waals surface area (Å²) in [6.07, 6.45) is 0. The molecular formula is C18H28IN5OS. The molecule has 2 rings (SSSR count). The van der Waals surface area contributed by atoms with Crippen LogP contribution in [0.5, 0.6) is 0 Å². The van der Waals surface area contributed by atoms with E-state index in [-0.39, 0.29) is 24.0 Å². The predicted molar refractivity (Wildman–Crippen MR) is 119 cm³/mol. The molecule has 1 unspecified atom stereocenters. The van der Waals surface area contributed by atoms with Crippen LogP contribution in [0.3, 0.4) is 0 Å². The van der Waals surface area contributed by atoms with Crippen LogP contribution in [-0.2, 0) is 30.1 Å². The second-order valence-corrected chi connectivity index (χ2v) is 7.48. The molecule has 0 aliphatic heterocycles. The standard InChI is InChI=1S/C18H27N5OS.HI/c1-14-17(15(2)23(4)22-14)12-21-18(19-3)20-10-11-25(24)13-16-8-6-5-7-9-16;/h5-9H,10-13H2,1-4H3,(H2,19,20,21);1H. The molecule has 0 saturated heterocycles. The molecule has 0 spiro atoms. The first kappa shape index (κ1) is 22.6. The largest absolute Gasteiger partial charge is 0.355 e. The number of hydrogen-bond acceptors (Lipinski definition) is 3. The molecule has 1 heterocycles. The molecule has 0 aliphatic rings. The Kier molecular flexibility index (Phi) is 9.85. The third-order valence-corrected chi connectivity index (χ3v) is 5.42. The third-order valence-electron chi connectivity index (χ3n) is 4.11. The summed E-state index contributed by atoms with van der Waals surface area (Å²) in [5, 5.41) is 10.9. The second kappa shape index (κ2) is 11.3. The number of aromatic nitrogens is 2. The maximum atomic E-state index is 12.2. The highest BCUT2D eigenvalue weighted by atomic mass is 127. The highest BCUT2D eigenvalue weighted by Gasteiger charge is 2.10. The molecule has 0 bridgehead atoms. The van der Waals surface area contributed by atoms with Crippen molar-refractivity contribution in [1.29, 1.82) is 0 Å². The van der Waals surface area contributed by atoms with Gasteiger partial charge in [-0.3, -0.25) is 13.9 Å². The van der Waals surface area contributed by atoms with E-state index in [9.17, 15) is 4.21 Å². The van der Waals surface area contributed by atoms with E-state index in [0.717, 1.165) is 17.0 Å². The first-order chi connectivity index (χ1) is 12.0. The van der Waals surface area contributed by atoms with E-state index in [2.05, 4.69) is 27.6 Å². The monoisotopic (exact) mass is 489 g/mol. The van der Waals surface area contributed by atoms with Crippen LogP contribution in [0.15, 0.2) is 35.3 Å². The number of nitrogens with zero attached hydrogens (tertiary/aromatic N) is 3. The molecule has 1 aromatic heterocycles. The van der Waals surface area contributed by atoms with E-state index >= 15 is 0 Å². The number of aryl methyl sites for hydroxylation is 2. The summed E-state index contributed by atoms with van der Waals surface area (Å²) in [7, 11) is 2.79. The van der Waals surface area contributed by atoms with E-state index in [4.69, 9.17) is 0 Å². The van der Waals surface area contributed by atoms with Crippen LogP contribution < -0.4 is 10.6 Å². The molecule has 8 heteroatoms. The highest BCUT2D eigenvalue weighted by molar-refractivity contribution is 14.0. The third kappa shape index (κ3) is 6.71. The average Bonchev–Trinajstić information content (AvgIpc) is 2.84. The summed E-state index contributed by atoms with van der Waals surface area (Å²) >= 11 is 0. The first-order valence-electron chi connectivity index (χ1n) is 8.33. The number of aliphatic imine (C=N–C) groups is 1. The Morgan fingerprint density at radius 2 is 1.92 bits per heavy atom. The molecule has 0 amide bonds. The van der Waals surface area contributed by atoms with E-state index in [1.807, 2.05) is 49.0 Å². The van der Waals surface area contributed by atoms with Gasteiger partial charge in [0.05, 0.1) is 5.69 Å². The Labute approximate surface area is 175 Å². The normalized spacial score (nSPS) is 12.4. The molecule has 6 nitrogen and oxygen atoms in total. The number of benzene rings is 1. The summed E-state index contributed by atoms with van der Waals surface area (Å²) in [6, 6.07) is 9.92. The van der Waals surface area contributed by atoms with Crippen LogP contribution in [0.4, 0.5) is 0 Å². The lowest BCUT2D eigenvalue weighted by Crippen LogP contribution is -2.39. The molecule has 1 aromatic carbocycles. The SMILES string of the molecule is CN=C(NCCS(=O)Cc1ccccc1)NCc1c(C)nn(C)c1C.I. The van der Waals surface area contributed by atoms with Gasteiger partial charge in [-0.2, -0.15) is 5.10 Å². The highest BCUT2D eigenvalue weighted by Crippen LogP contribution is 2.11. The molecule has 144 valence electrons.